The van der Waals surface area contributed by atoms with E-state index in [1.165, 1.54) is 5.56 Å². The van der Waals surface area contributed by atoms with Crippen LogP contribution in [0.5, 0.6) is 0 Å². The summed E-state index contributed by atoms with van der Waals surface area (Å²) in [6.45, 7) is 7.22. The Morgan fingerprint density at radius 1 is 1.07 bits per heavy atom. The number of ether oxygens (including phenoxy) is 1. The second kappa shape index (κ2) is 11.1. The summed E-state index contributed by atoms with van der Waals surface area (Å²) >= 11 is 0. The summed E-state index contributed by atoms with van der Waals surface area (Å²) in [5.41, 5.74) is 3.30. The molecule has 0 aliphatic carbocycles. The molecule has 5 nitrogen and oxygen atoms in total. The standard InChI is InChI=1S/C24H32N2O3/c1-19(2)17-28-18-22(27)15-26(14-20-9-5-3-6-10-20)16-23-13-24(25-29-23)21-11-7-4-8-12-21/h3-12,19,22-23,27H,13-18H2,1-2H3/t22-,23-/m0/s1. The summed E-state index contributed by atoms with van der Waals surface area (Å²) in [5.74, 6) is 0.461. The predicted octanol–water partition coefficient (Wildman–Crippen LogP) is 3.72. The number of aliphatic hydroxyl groups is 1. The van der Waals surface area contributed by atoms with Crippen molar-refractivity contribution in [2.24, 2.45) is 11.1 Å². The average Bonchev–Trinajstić information content (AvgIpc) is 3.17. The number of aliphatic hydroxyl groups excluding tert-OH is 1. The number of oxime groups is 1. The van der Waals surface area contributed by atoms with Gasteiger partial charge in [0.25, 0.3) is 0 Å². The van der Waals surface area contributed by atoms with E-state index in [-0.39, 0.29) is 6.10 Å². The second-order valence-corrected chi connectivity index (χ2v) is 8.10. The van der Waals surface area contributed by atoms with Crippen molar-refractivity contribution in [3.05, 3.63) is 71.8 Å². The maximum absolute atomic E-state index is 10.5. The van der Waals surface area contributed by atoms with Gasteiger partial charge in [-0.1, -0.05) is 79.7 Å². The minimum atomic E-state index is -0.534. The van der Waals surface area contributed by atoms with Crippen LogP contribution in [0.1, 0.15) is 31.4 Å². The molecule has 1 aliphatic heterocycles. The second-order valence-electron chi connectivity index (χ2n) is 8.10. The van der Waals surface area contributed by atoms with Crippen LogP contribution < -0.4 is 0 Å². The monoisotopic (exact) mass is 396 g/mol. The van der Waals surface area contributed by atoms with Crippen LogP contribution in [0.3, 0.4) is 0 Å². The Morgan fingerprint density at radius 3 is 2.45 bits per heavy atom. The molecule has 0 amide bonds. The summed E-state index contributed by atoms with van der Waals surface area (Å²) in [6.07, 6.45) is 0.223. The first kappa shape index (κ1) is 21.5. The normalized spacial score (nSPS) is 17.4. The first-order valence-corrected chi connectivity index (χ1v) is 10.4. The zero-order chi connectivity index (χ0) is 20.5. The Balaban J connectivity index is 1.56. The summed E-state index contributed by atoms with van der Waals surface area (Å²) in [7, 11) is 0. The maximum Gasteiger partial charge on any atom is 0.145 e. The average molecular weight is 397 g/mol. The molecule has 0 saturated heterocycles. The van der Waals surface area contributed by atoms with Crippen LogP contribution in [-0.2, 0) is 16.1 Å². The molecule has 0 aromatic heterocycles. The zero-order valence-electron chi connectivity index (χ0n) is 17.4. The largest absolute Gasteiger partial charge is 0.390 e. The Morgan fingerprint density at radius 2 is 1.76 bits per heavy atom. The minimum Gasteiger partial charge on any atom is -0.390 e. The first-order valence-electron chi connectivity index (χ1n) is 10.4. The molecule has 2 atom stereocenters. The Labute approximate surface area is 173 Å². The molecule has 0 bridgehead atoms. The van der Waals surface area contributed by atoms with E-state index in [1.54, 1.807) is 0 Å². The van der Waals surface area contributed by atoms with Crippen LogP contribution in [0, 0.1) is 5.92 Å². The van der Waals surface area contributed by atoms with E-state index in [0.717, 1.165) is 24.2 Å². The molecule has 29 heavy (non-hydrogen) atoms. The Kier molecular flexibility index (Phi) is 8.23. The number of nitrogens with zero attached hydrogens (tertiary/aromatic N) is 2. The fraction of sp³-hybridized carbons (Fsp3) is 0.458. The van der Waals surface area contributed by atoms with Gasteiger partial charge in [-0.3, -0.25) is 4.90 Å². The molecule has 1 heterocycles. The molecule has 0 fully saturated rings. The topological polar surface area (TPSA) is 54.3 Å². The van der Waals surface area contributed by atoms with Crippen LogP contribution in [0.4, 0.5) is 0 Å². The molecule has 2 aromatic rings. The van der Waals surface area contributed by atoms with Gasteiger partial charge in [0.2, 0.25) is 0 Å². The van der Waals surface area contributed by atoms with E-state index in [9.17, 15) is 5.11 Å². The molecular weight excluding hydrogens is 364 g/mol. The highest BCUT2D eigenvalue weighted by Gasteiger charge is 2.25. The van der Waals surface area contributed by atoms with Gasteiger partial charge in [-0.2, -0.15) is 0 Å². The lowest BCUT2D eigenvalue weighted by atomic mass is 10.0. The van der Waals surface area contributed by atoms with Gasteiger partial charge in [0, 0.05) is 32.7 Å². The maximum atomic E-state index is 10.5. The van der Waals surface area contributed by atoms with Crippen molar-refractivity contribution >= 4 is 5.71 Å². The molecule has 0 unspecified atom stereocenters. The van der Waals surface area contributed by atoms with Gasteiger partial charge in [-0.25, -0.2) is 0 Å². The minimum absolute atomic E-state index is 0.0160. The number of rotatable bonds is 11. The van der Waals surface area contributed by atoms with Crippen molar-refractivity contribution in [1.82, 2.24) is 4.90 Å². The summed E-state index contributed by atoms with van der Waals surface area (Å²) < 4.78 is 5.62. The third-order valence-corrected chi connectivity index (χ3v) is 4.78. The quantitative estimate of drug-likeness (QED) is 0.629. The molecule has 0 radical (unpaired) electrons. The van der Waals surface area contributed by atoms with Crippen molar-refractivity contribution in [2.75, 3.05) is 26.3 Å². The van der Waals surface area contributed by atoms with E-state index in [4.69, 9.17) is 9.57 Å². The highest BCUT2D eigenvalue weighted by atomic mass is 16.6. The highest BCUT2D eigenvalue weighted by Crippen LogP contribution is 2.18. The fourth-order valence-corrected chi connectivity index (χ4v) is 3.45. The first-order chi connectivity index (χ1) is 14.1. The van der Waals surface area contributed by atoms with Gasteiger partial charge in [0.1, 0.15) is 6.10 Å². The number of benzene rings is 2. The fourth-order valence-electron chi connectivity index (χ4n) is 3.45. The zero-order valence-corrected chi connectivity index (χ0v) is 17.4. The molecule has 3 rings (SSSR count). The van der Waals surface area contributed by atoms with Crippen molar-refractivity contribution in [3.63, 3.8) is 0 Å². The van der Waals surface area contributed by atoms with Crippen molar-refractivity contribution in [1.29, 1.82) is 0 Å². The van der Waals surface area contributed by atoms with Gasteiger partial charge < -0.3 is 14.7 Å². The van der Waals surface area contributed by atoms with Gasteiger partial charge >= 0.3 is 0 Å². The lowest BCUT2D eigenvalue weighted by molar-refractivity contribution is -0.00734. The van der Waals surface area contributed by atoms with Crippen molar-refractivity contribution in [3.8, 4) is 0 Å². The Hall–Kier alpha value is -2.21. The van der Waals surface area contributed by atoms with E-state index in [2.05, 4.69) is 48.2 Å². The molecule has 2 aromatic carbocycles. The van der Waals surface area contributed by atoms with Crippen molar-refractivity contribution < 1.29 is 14.7 Å². The van der Waals surface area contributed by atoms with Gasteiger partial charge in [0.15, 0.2) is 0 Å². The lowest BCUT2D eigenvalue weighted by Crippen LogP contribution is -2.39. The number of hydrogen-bond donors (Lipinski definition) is 1. The van der Waals surface area contributed by atoms with E-state index < -0.39 is 6.10 Å². The smallest absolute Gasteiger partial charge is 0.145 e. The van der Waals surface area contributed by atoms with Crippen LogP contribution in [-0.4, -0.2) is 54.2 Å². The van der Waals surface area contributed by atoms with E-state index in [1.807, 2.05) is 36.4 Å². The lowest BCUT2D eigenvalue weighted by Gasteiger charge is -2.27. The van der Waals surface area contributed by atoms with Crippen molar-refractivity contribution in [2.45, 2.75) is 39.0 Å². The van der Waals surface area contributed by atoms with Gasteiger partial charge in [-0.05, 0) is 17.0 Å². The molecule has 156 valence electrons. The van der Waals surface area contributed by atoms with Crippen LogP contribution >= 0.6 is 0 Å². The Bertz CT molecular complexity index is 749. The SMILES string of the molecule is CC(C)COC[C@@H](O)CN(Cc1ccccc1)C[C@@H]1CC(c2ccccc2)=NO1. The molecule has 1 aliphatic rings. The van der Waals surface area contributed by atoms with E-state index in [0.29, 0.717) is 32.2 Å². The van der Waals surface area contributed by atoms with E-state index >= 15 is 0 Å². The van der Waals surface area contributed by atoms with Gasteiger partial charge in [-0.15, -0.1) is 0 Å². The molecule has 0 spiro atoms. The molecule has 5 heteroatoms. The summed E-state index contributed by atoms with van der Waals surface area (Å²) in [6, 6.07) is 20.5. The molecular formula is C24H32N2O3. The number of hydrogen-bond acceptors (Lipinski definition) is 5. The highest BCUT2D eigenvalue weighted by molar-refractivity contribution is 6.01. The molecule has 1 N–H and O–H groups in total. The van der Waals surface area contributed by atoms with Crippen LogP contribution in [0.15, 0.2) is 65.8 Å². The molecule has 0 saturated carbocycles. The van der Waals surface area contributed by atoms with Gasteiger partial charge in [0.05, 0.1) is 18.4 Å². The third-order valence-electron chi connectivity index (χ3n) is 4.78. The predicted molar refractivity (Wildman–Crippen MR) is 116 cm³/mol. The summed E-state index contributed by atoms with van der Waals surface area (Å²) in [4.78, 5) is 7.94. The third kappa shape index (κ3) is 7.28. The summed E-state index contributed by atoms with van der Waals surface area (Å²) in [5, 5.41) is 14.8. The van der Waals surface area contributed by atoms with Crippen LogP contribution in [0.25, 0.3) is 0 Å². The van der Waals surface area contributed by atoms with Crippen LogP contribution in [0.2, 0.25) is 0 Å².